The summed E-state index contributed by atoms with van der Waals surface area (Å²) < 4.78 is 28.0. The van der Waals surface area contributed by atoms with Gasteiger partial charge in [0.2, 0.25) is 11.5 Å². The van der Waals surface area contributed by atoms with Gasteiger partial charge in [0.05, 0.1) is 33.5 Å². The molecule has 0 N–H and O–H groups in total. The van der Waals surface area contributed by atoms with E-state index in [4.69, 9.17) is 23.7 Å². The molecular formula is C21H27NO7. The van der Waals surface area contributed by atoms with Gasteiger partial charge in [-0.2, -0.15) is 0 Å². The molecule has 8 heteroatoms. The quantitative estimate of drug-likeness (QED) is 0.444. The first-order chi connectivity index (χ1) is 13.9. The van der Waals surface area contributed by atoms with E-state index >= 15 is 0 Å². The number of hydrogen-bond donors (Lipinski definition) is 0. The van der Waals surface area contributed by atoms with E-state index in [0.717, 1.165) is 11.4 Å². The molecule has 2 aromatic rings. The molecule has 1 heterocycles. The highest BCUT2D eigenvalue weighted by molar-refractivity contribution is 6.00. The van der Waals surface area contributed by atoms with Crippen LogP contribution in [0.3, 0.4) is 0 Å². The second-order valence-corrected chi connectivity index (χ2v) is 6.34. The minimum atomic E-state index is -0.661. The lowest BCUT2D eigenvalue weighted by atomic mass is 10.1. The fourth-order valence-corrected chi connectivity index (χ4v) is 3.10. The second kappa shape index (κ2) is 9.97. The van der Waals surface area contributed by atoms with Crippen LogP contribution in [0, 0.1) is 13.8 Å². The van der Waals surface area contributed by atoms with E-state index in [-0.39, 0.29) is 18.0 Å². The molecule has 29 heavy (non-hydrogen) atoms. The van der Waals surface area contributed by atoms with Gasteiger partial charge in [-0.15, -0.1) is 0 Å². The van der Waals surface area contributed by atoms with Crippen molar-refractivity contribution in [1.82, 2.24) is 4.57 Å². The number of hydrogen-bond acceptors (Lipinski definition) is 7. The van der Waals surface area contributed by atoms with E-state index in [1.54, 1.807) is 13.2 Å². The zero-order chi connectivity index (χ0) is 21.6. The number of nitrogens with zero attached hydrogens (tertiary/aromatic N) is 1. The fourth-order valence-electron chi connectivity index (χ4n) is 3.10. The minimum absolute atomic E-state index is 0.192. The van der Waals surface area contributed by atoms with Crippen molar-refractivity contribution in [3.63, 3.8) is 0 Å². The Morgan fingerprint density at radius 3 is 2.07 bits per heavy atom. The van der Waals surface area contributed by atoms with Crippen LogP contribution in [0.15, 0.2) is 18.2 Å². The molecular weight excluding hydrogens is 378 g/mol. The van der Waals surface area contributed by atoms with Crippen LogP contribution in [0.1, 0.15) is 32.1 Å². The molecule has 0 bridgehead atoms. The Balaban J connectivity index is 2.14. The third kappa shape index (κ3) is 4.89. The van der Waals surface area contributed by atoms with Crippen molar-refractivity contribution in [2.75, 3.05) is 41.7 Å². The number of aromatic nitrogens is 1. The number of carbonyl (C=O) groups excluding carboxylic acids is 2. The normalized spacial score (nSPS) is 10.6. The van der Waals surface area contributed by atoms with Gasteiger partial charge in [-0.1, -0.05) is 0 Å². The van der Waals surface area contributed by atoms with Gasteiger partial charge in [0.1, 0.15) is 0 Å². The molecule has 2 rings (SSSR count). The smallest absolute Gasteiger partial charge is 0.338 e. The number of carbonyl (C=O) groups is 2. The molecule has 0 aliphatic carbocycles. The Morgan fingerprint density at radius 2 is 1.55 bits per heavy atom. The van der Waals surface area contributed by atoms with Gasteiger partial charge >= 0.3 is 5.97 Å². The number of rotatable bonds is 10. The van der Waals surface area contributed by atoms with Crippen LogP contribution in [0.4, 0.5) is 0 Å². The summed E-state index contributed by atoms with van der Waals surface area (Å²) in [5.41, 5.74) is 2.47. The fraction of sp³-hybridized carbons (Fsp3) is 0.429. The number of aryl methyl sites for hydroxylation is 1. The first-order valence-electron chi connectivity index (χ1n) is 9.03. The van der Waals surface area contributed by atoms with Crippen molar-refractivity contribution in [2.45, 2.75) is 20.4 Å². The van der Waals surface area contributed by atoms with Gasteiger partial charge < -0.3 is 28.3 Å². The van der Waals surface area contributed by atoms with E-state index in [1.807, 2.05) is 18.4 Å². The van der Waals surface area contributed by atoms with Crippen molar-refractivity contribution >= 4 is 11.8 Å². The maximum absolute atomic E-state index is 12.6. The van der Waals surface area contributed by atoms with Gasteiger partial charge in [-0.25, -0.2) is 4.79 Å². The Bertz CT molecular complexity index is 860. The highest BCUT2D eigenvalue weighted by atomic mass is 16.5. The van der Waals surface area contributed by atoms with Gasteiger partial charge in [0, 0.05) is 30.6 Å². The molecule has 0 spiro atoms. The first kappa shape index (κ1) is 22.3. The molecule has 8 nitrogen and oxygen atoms in total. The van der Waals surface area contributed by atoms with Crippen molar-refractivity contribution < 1.29 is 33.3 Å². The summed E-state index contributed by atoms with van der Waals surface area (Å²) in [6.45, 7) is 4.59. The predicted molar refractivity (Wildman–Crippen MR) is 106 cm³/mol. The number of benzene rings is 1. The largest absolute Gasteiger partial charge is 0.493 e. The zero-order valence-electron chi connectivity index (χ0n) is 17.7. The second-order valence-electron chi connectivity index (χ2n) is 6.34. The summed E-state index contributed by atoms with van der Waals surface area (Å²) >= 11 is 0. The summed E-state index contributed by atoms with van der Waals surface area (Å²) in [5.74, 6) is 0.0816. The molecule has 0 atom stereocenters. The molecule has 0 fully saturated rings. The molecule has 0 unspecified atom stereocenters. The zero-order valence-corrected chi connectivity index (χ0v) is 17.7. The summed E-state index contributed by atoms with van der Waals surface area (Å²) in [7, 11) is 6.01. The van der Waals surface area contributed by atoms with Gasteiger partial charge in [0.15, 0.2) is 18.1 Å². The number of esters is 1. The Morgan fingerprint density at radius 1 is 0.931 bits per heavy atom. The van der Waals surface area contributed by atoms with Crippen molar-refractivity contribution in [2.24, 2.45) is 0 Å². The first-order valence-corrected chi connectivity index (χ1v) is 9.03. The van der Waals surface area contributed by atoms with Crippen LogP contribution in [-0.2, 0) is 16.0 Å². The lowest BCUT2D eigenvalue weighted by Gasteiger charge is -2.13. The van der Waals surface area contributed by atoms with E-state index in [0.29, 0.717) is 36.0 Å². The van der Waals surface area contributed by atoms with E-state index in [2.05, 4.69) is 0 Å². The maximum Gasteiger partial charge on any atom is 0.338 e. The van der Waals surface area contributed by atoms with Crippen LogP contribution in [0.5, 0.6) is 17.2 Å². The average molecular weight is 405 g/mol. The van der Waals surface area contributed by atoms with Gasteiger partial charge in [-0.05, 0) is 32.0 Å². The topological polar surface area (TPSA) is 85.2 Å². The molecule has 0 saturated heterocycles. The van der Waals surface area contributed by atoms with Crippen molar-refractivity contribution in [3.8, 4) is 17.2 Å². The molecule has 0 saturated carbocycles. The molecule has 1 aromatic carbocycles. The summed E-state index contributed by atoms with van der Waals surface area (Å²) in [6, 6.07) is 4.75. The third-order valence-corrected chi connectivity index (χ3v) is 4.63. The van der Waals surface area contributed by atoms with Crippen LogP contribution in [0.2, 0.25) is 0 Å². The lowest BCUT2D eigenvalue weighted by molar-refractivity contribution is 0.0474. The molecule has 1 aromatic heterocycles. The molecule has 0 amide bonds. The van der Waals surface area contributed by atoms with Crippen molar-refractivity contribution in [3.05, 3.63) is 40.7 Å². The number of Topliss-reactive ketones (excluding diaryl/α,β-unsaturated/α-hetero) is 1. The molecule has 0 aliphatic rings. The van der Waals surface area contributed by atoms with Gasteiger partial charge in [-0.3, -0.25) is 4.79 Å². The molecule has 0 radical (unpaired) electrons. The predicted octanol–water partition coefficient (Wildman–Crippen LogP) is 2.82. The van der Waals surface area contributed by atoms with Crippen LogP contribution in [-0.4, -0.2) is 58.0 Å². The highest BCUT2D eigenvalue weighted by Crippen LogP contribution is 2.38. The standard InChI is InChI=1S/C21H27NO7/c1-13-9-16(14(2)22(13)7-8-25-3)17(23)12-29-21(24)15-10-18(26-4)20(28-6)19(11-15)27-5/h9-11H,7-8,12H2,1-6H3. The number of ketones is 1. The van der Waals surface area contributed by atoms with Crippen LogP contribution >= 0.6 is 0 Å². The van der Waals surface area contributed by atoms with Crippen LogP contribution < -0.4 is 14.2 Å². The average Bonchev–Trinajstić information content (AvgIpc) is 3.02. The highest BCUT2D eigenvalue weighted by Gasteiger charge is 2.20. The van der Waals surface area contributed by atoms with E-state index in [1.165, 1.54) is 33.5 Å². The lowest BCUT2D eigenvalue weighted by Crippen LogP contribution is -2.16. The number of methoxy groups -OCH3 is 4. The van der Waals surface area contributed by atoms with E-state index in [9.17, 15) is 9.59 Å². The summed E-state index contributed by atoms with van der Waals surface area (Å²) in [6.07, 6.45) is 0. The number of ether oxygens (including phenoxy) is 5. The van der Waals surface area contributed by atoms with Crippen molar-refractivity contribution in [1.29, 1.82) is 0 Å². The molecule has 158 valence electrons. The maximum atomic E-state index is 12.6. The minimum Gasteiger partial charge on any atom is -0.493 e. The Labute approximate surface area is 170 Å². The summed E-state index contributed by atoms with van der Waals surface area (Å²) in [4.78, 5) is 25.1. The SMILES string of the molecule is COCCn1c(C)cc(C(=O)COC(=O)c2cc(OC)c(OC)c(OC)c2)c1C. The molecule has 0 aliphatic heterocycles. The Hall–Kier alpha value is -3.00. The monoisotopic (exact) mass is 405 g/mol. The summed E-state index contributed by atoms with van der Waals surface area (Å²) in [5, 5.41) is 0. The van der Waals surface area contributed by atoms with Crippen LogP contribution in [0.25, 0.3) is 0 Å². The third-order valence-electron chi connectivity index (χ3n) is 4.63. The van der Waals surface area contributed by atoms with E-state index < -0.39 is 5.97 Å². The van der Waals surface area contributed by atoms with Gasteiger partial charge in [0.25, 0.3) is 0 Å². The Kier molecular flexibility index (Phi) is 7.67.